The number of hydrogen-bond acceptors (Lipinski definition) is 2. The minimum Gasteiger partial charge on any atom is -0.330 e. The molecule has 0 aliphatic heterocycles. The number of nitrogens with one attached hydrogen (secondary N) is 1. The van der Waals surface area contributed by atoms with Gasteiger partial charge in [0.15, 0.2) is 0 Å². The molecule has 19 heavy (non-hydrogen) atoms. The molecule has 0 spiro atoms. The Labute approximate surface area is 116 Å². The summed E-state index contributed by atoms with van der Waals surface area (Å²) in [5, 5.41) is 6.07. The van der Waals surface area contributed by atoms with E-state index in [1.165, 1.54) is 16.3 Å². The molecule has 0 amide bonds. The van der Waals surface area contributed by atoms with E-state index >= 15 is 0 Å². The third-order valence-corrected chi connectivity index (χ3v) is 3.86. The van der Waals surface area contributed by atoms with Crippen molar-refractivity contribution < 1.29 is 0 Å². The van der Waals surface area contributed by atoms with Crippen LogP contribution in [0, 0.1) is 5.41 Å². The highest BCUT2D eigenvalue weighted by Crippen LogP contribution is 2.32. The molecule has 2 aromatic rings. The minimum atomic E-state index is 0.143. The van der Waals surface area contributed by atoms with Crippen molar-refractivity contribution in [2.75, 3.05) is 13.6 Å². The maximum atomic E-state index is 5.87. The summed E-state index contributed by atoms with van der Waals surface area (Å²) in [6, 6.07) is 15.4. The molecular weight excluding hydrogens is 232 g/mol. The molecule has 2 aromatic carbocycles. The van der Waals surface area contributed by atoms with Gasteiger partial charge in [-0.25, -0.2) is 0 Å². The smallest absolute Gasteiger partial charge is 0.0329 e. The Morgan fingerprint density at radius 1 is 1.11 bits per heavy atom. The van der Waals surface area contributed by atoms with Crippen LogP contribution >= 0.6 is 0 Å². The Hall–Kier alpha value is -1.38. The summed E-state index contributed by atoms with van der Waals surface area (Å²) >= 11 is 0. The lowest BCUT2D eigenvalue weighted by Crippen LogP contribution is -2.30. The summed E-state index contributed by atoms with van der Waals surface area (Å²) in [4.78, 5) is 0. The van der Waals surface area contributed by atoms with Gasteiger partial charge < -0.3 is 11.1 Å². The van der Waals surface area contributed by atoms with Crippen molar-refractivity contribution in [3.63, 3.8) is 0 Å². The molecule has 2 rings (SSSR count). The molecule has 1 unspecified atom stereocenters. The predicted molar refractivity (Wildman–Crippen MR) is 83.2 cm³/mol. The van der Waals surface area contributed by atoms with Crippen LogP contribution in [0.4, 0.5) is 0 Å². The fourth-order valence-electron chi connectivity index (χ4n) is 2.56. The Balaban J connectivity index is 2.41. The van der Waals surface area contributed by atoms with Gasteiger partial charge in [-0.1, -0.05) is 56.3 Å². The maximum absolute atomic E-state index is 5.87. The summed E-state index contributed by atoms with van der Waals surface area (Å²) in [6.07, 6.45) is 1.04. The van der Waals surface area contributed by atoms with Crippen molar-refractivity contribution in [1.82, 2.24) is 5.32 Å². The lowest BCUT2D eigenvalue weighted by molar-refractivity contribution is 0.299. The topological polar surface area (TPSA) is 38.0 Å². The van der Waals surface area contributed by atoms with E-state index in [2.05, 4.69) is 61.6 Å². The van der Waals surface area contributed by atoms with Gasteiger partial charge in [0.25, 0.3) is 0 Å². The Morgan fingerprint density at radius 2 is 1.79 bits per heavy atom. The Morgan fingerprint density at radius 3 is 2.47 bits per heavy atom. The first-order valence-corrected chi connectivity index (χ1v) is 6.92. The molecule has 0 aliphatic carbocycles. The van der Waals surface area contributed by atoms with E-state index in [9.17, 15) is 0 Å². The lowest BCUT2D eigenvalue weighted by Gasteiger charge is -2.29. The first kappa shape index (κ1) is 14.0. The summed E-state index contributed by atoms with van der Waals surface area (Å²) in [5.74, 6) is 0. The first-order valence-electron chi connectivity index (χ1n) is 6.92. The van der Waals surface area contributed by atoms with E-state index in [0.29, 0.717) is 12.6 Å². The predicted octanol–water partition coefficient (Wildman–Crippen LogP) is 3.48. The second-order valence-electron chi connectivity index (χ2n) is 5.98. The standard InChI is InChI=1S/C17H24N2/c1-17(2,12-18)11-16(19-3)15-10-6-8-13-7-4-5-9-14(13)15/h4-10,16,19H,11-12,18H2,1-3H3. The van der Waals surface area contributed by atoms with Crippen LogP contribution in [0.1, 0.15) is 31.9 Å². The molecule has 2 heteroatoms. The van der Waals surface area contributed by atoms with Gasteiger partial charge in [0, 0.05) is 6.04 Å². The fraction of sp³-hybridized carbons (Fsp3) is 0.412. The molecule has 0 saturated heterocycles. The number of nitrogens with two attached hydrogens (primary N) is 1. The van der Waals surface area contributed by atoms with Gasteiger partial charge in [-0.05, 0) is 41.8 Å². The number of benzene rings is 2. The summed E-state index contributed by atoms with van der Waals surface area (Å²) < 4.78 is 0. The molecule has 0 heterocycles. The number of rotatable bonds is 5. The van der Waals surface area contributed by atoms with Crippen LogP contribution in [0.15, 0.2) is 42.5 Å². The second-order valence-corrected chi connectivity index (χ2v) is 5.98. The molecule has 1 atom stereocenters. The molecular formula is C17H24N2. The highest BCUT2D eigenvalue weighted by atomic mass is 14.9. The average Bonchev–Trinajstić information content (AvgIpc) is 2.44. The average molecular weight is 256 g/mol. The van der Waals surface area contributed by atoms with Gasteiger partial charge >= 0.3 is 0 Å². The van der Waals surface area contributed by atoms with Crippen LogP contribution in [0.25, 0.3) is 10.8 Å². The third-order valence-electron chi connectivity index (χ3n) is 3.86. The lowest BCUT2D eigenvalue weighted by atomic mass is 9.82. The third kappa shape index (κ3) is 3.14. The van der Waals surface area contributed by atoms with Crippen LogP contribution in [0.2, 0.25) is 0 Å². The number of hydrogen-bond donors (Lipinski definition) is 2. The normalized spacial score (nSPS) is 13.7. The van der Waals surface area contributed by atoms with Crippen molar-refractivity contribution in [3.8, 4) is 0 Å². The van der Waals surface area contributed by atoms with Gasteiger partial charge in [-0.15, -0.1) is 0 Å². The van der Waals surface area contributed by atoms with E-state index < -0.39 is 0 Å². The van der Waals surface area contributed by atoms with Gasteiger partial charge in [-0.3, -0.25) is 0 Å². The molecule has 0 saturated carbocycles. The Kier molecular flexibility index (Phi) is 4.23. The first-order chi connectivity index (χ1) is 9.07. The molecule has 2 nitrogen and oxygen atoms in total. The van der Waals surface area contributed by atoms with E-state index in [1.807, 2.05) is 7.05 Å². The zero-order chi connectivity index (χ0) is 13.9. The Bertz CT molecular complexity index is 540. The van der Waals surface area contributed by atoms with Gasteiger partial charge in [-0.2, -0.15) is 0 Å². The fourth-order valence-corrected chi connectivity index (χ4v) is 2.56. The van der Waals surface area contributed by atoms with E-state index in [0.717, 1.165) is 6.42 Å². The van der Waals surface area contributed by atoms with Crippen molar-refractivity contribution >= 4 is 10.8 Å². The summed E-state index contributed by atoms with van der Waals surface area (Å²) in [7, 11) is 2.03. The molecule has 102 valence electrons. The molecule has 0 aromatic heterocycles. The zero-order valence-electron chi connectivity index (χ0n) is 12.1. The van der Waals surface area contributed by atoms with Crippen LogP contribution in [-0.4, -0.2) is 13.6 Å². The van der Waals surface area contributed by atoms with Crippen molar-refractivity contribution in [3.05, 3.63) is 48.0 Å². The van der Waals surface area contributed by atoms with Gasteiger partial charge in [0.1, 0.15) is 0 Å². The summed E-state index contributed by atoms with van der Waals surface area (Å²) in [5.41, 5.74) is 7.38. The SMILES string of the molecule is CNC(CC(C)(C)CN)c1cccc2ccccc12. The van der Waals surface area contributed by atoms with Crippen molar-refractivity contribution in [2.24, 2.45) is 11.1 Å². The quantitative estimate of drug-likeness (QED) is 0.859. The largest absolute Gasteiger partial charge is 0.330 e. The number of fused-ring (bicyclic) bond motifs is 1. The van der Waals surface area contributed by atoms with E-state index in [1.54, 1.807) is 0 Å². The monoisotopic (exact) mass is 256 g/mol. The van der Waals surface area contributed by atoms with E-state index in [-0.39, 0.29) is 5.41 Å². The van der Waals surface area contributed by atoms with Crippen LogP contribution in [0.3, 0.4) is 0 Å². The van der Waals surface area contributed by atoms with Gasteiger partial charge in [0.2, 0.25) is 0 Å². The molecule has 3 N–H and O–H groups in total. The molecule has 0 bridgehead atoms. The zero-order valence-corrected chi connectivity index (χ0v) is 12.1. The summed E-state index contributed by atoms with van der Waals surface area (Å²) in [6.45, 7) is 5.15. The molecule has 0 aliphatic rings. The minimum absolute atomic E-state index is 0.143. The van der Waals surface area contributed by atoms with Crippen LogP contribution < -0.4 is 11.1 Å². The highest BCUT2D eigenvalue weighted by molar-refractivity contribution is 5.86. The van der Waals surface area contributed by atoms with Crippen LogP contribution in [0.5, 0.6) is 0 Å². The highest BCUT2D eigenvalue weighted by Gasteiger charge is 2.23. The van der Waals surface area contributed by atoms with Crippen molar-refractivity contribution in [2.45, 2.75) is 26.3 Å². The molecule has 0 radical (unpaired) electrons. The van der Waals surface area contributed by atoms with Crippen molar-refractivity contribution in [1.29, 1.82) is 0 Å². The van der Waals surface area contributed by atoms with Crippen LogP contribution in [-0.2, 0) is 0 Å². The van der Waals surface area contributed by atoms with Gasteiger partial charge in [0.05, 0.1) is 0 Å². The maximum Gasteiger partial charge on any atom is 0.0329 e. The van der Waals surface area contributed by atoms with E-state index in [4.69, 9.17) is 5.73 Å². The molecule has 0 fully saturated rings. The second kappa shape index (κ2) is 5.72.